The quantitative estimate of drug-likeness (QED) is 0.575. The Morgan fingerprint density at radius 2 is 1.97 bits per heavy atom. The lowest BCUT2D eigenvalue weighted by molar-refractivity contribution is 0.0555. The van der Waals surface area contributed by atoms with Gasteiger partial charge in [-0.2, -0.15) is 5.26 Å². The second kappa shape index (κ2) is 8.38. The highest BCUT2D eigenvalue weighted by Crippen LogP contribution is 2.38. The first-order chi connectivity index (χ1) is 14.6. The molecule has 1 aromatic heterocycles. The minimum absolute atomic E-state index is 0.269. The fraction of sp³-hybridized carbons (Fsp3) is 0.240. The fourth-order valence-electron chi connectivity index (χ4n) is 4.04. The number of fused-ring (bicyclic) bond motifs is 2. The molecule has 0 radical (unpaired) electrons. The van der Waals surface area contributed by atoms with Crippen molar-refractivity contribution in [2.24, 2.45) is 5.92 Å². The van der Waals surface area contributed by atoms with Crippen molar-refractivity contribution in [3.8, 4) is 11.8 Å². The fourth-order valence-corrected chi connectivity index (χ4v) is 4.04. The van der Waals surface area contributed by atoms with Crippen LogP contribution in [0.4, 0.5) is 0 Å². The average molecular weight is 398 g/mol. The number of hydrogen-bond acceptors (Lipinski definition) is 5. The van der Waals surface area contributed by atoms with Crippen LogP contribution in [0.5, 0.6) is 5.75 Å². The molecule has 0 saturated carbocycles. The number of carbonyl (C=O) groups excluding carboxylic acids is 1. The molecule has 0 saturated heterocycles. The number of benzene rings is 2. The molecular formula is C25H22N2O3. The summed E-state index contributed by atoms with van der Waals surface area (Å²) in [6.07, 6.45) is 3.74. The van der Waals surface area contributed by atoms with Gasteiger partial charge in [0.25, 0.3) is 0 Å². The van der Waals surface area contributed by atoms with Crippen molar-refractivity contribution in [1.82, 2.24) is 4.98 Å². The summed E-state index contributed by atoms with van der Waals surface area (Å²) in [5.41, 5.74) is 5.15. The molecule has 5 nitrogen and oxygen atoms in total. The molecule has 0 N–H and O–H groups in total. The summed E-state index contributed by atoms with van der Waals surface area (Å²) in [6.45, 7) is 1.90. The van der Waals surface area contributed by atoms with Crippen LogP contribution in [-0.2, 0) is 11.2 Å². The Kier molecular flexibility index (Phi) is 5.49. The van der Waals surface area contributed by atoms with Crippen molar-refractivity contribution in [2.75, 3.05) is 13.7 Å². The summed E-state index contributed by atoms with van der Waals surface area (Å²) >= 11 is 0. The number of carbonyl (C=O) groups is 1. The molecule has 1 aliphatic carbocycles. The number of aromatic nitrogens is 1. The first-order valence-electron chi connectivity index (χ1n) is 9.91. The van der Waals surface area contributed by atoms with Gasteiger partial charge < -0.3 is 9.47 Å². The molecule has 0 bridgehead atoms. The maximum atomic E-state index is 12.9. The molecular weight excluding hydrogens is 376 g/mol. The summed E-state index contributed by atoms with van der Waals surface area (Å²) in [4.78, 5) is 17.8. The van der Waals surface area contributed by atoms with Crippen LogP contribution in [-0.4, -0.2) is 24.7 Å². The molecule has 0 amide bonds. The number of nitrogens with zero attached hydrogens (tertiary/aromatic N) is 2. The van der Waals surface area contributed by atoms with Crippen molar-refractivity contribution in [3.63, 3.8) is 0 Å². The van der Waals surface area contributed by atoms with Crippen LogP contribution >= 0.6 is 0 Å². The van der Waals surface area contributed by atoms with Gasteiger partial charge in [0.1, 0.15) is 11.8 Å². The number of rotatable bonds is 4. The number of esters is 1. The Hall–Kier alpha value is -3.65. The van der Waals surface area contributed by atoms with Gasteiger partial charge in [0.2, 0.25) is 0 Å². The molecule has 0 spiro atoms. The van der Waals surface area contributed by atoms with E-state index in [1.807, 2.05) is 54.6 Å². The number of hydrogen-bond donors (Lipinski definition) is 0. The number of allylic oxidation sites excluding steroid dienone is 1. The maximum absolute atomic E-state index is 12.9. The number of para-hydroxylation sites is 1. The van der Waals surface area contributed by atoms with Gasteiger partial charge in [-0.1, -0.05) is 37.3 Å². The van der Waals surface area contributed by atoms with Gasteiger partial charge in [0, 0.05) is 5.39 Å². The number of nitriles is 1. The number of ether oxygens (including phenoxy) is 2. The number of pyridine rings is 1. The lowest BCUT2D eigenvalue weighted by Gasteiger charge is -2.26. The van der Waals surface area contributed by atoms with E-state index in [2.05, 4.69) is 13.0 Å². The minimum Gasteiger partial charge on any atom is -0.497 e. The summed E-state index contributed by atoms with van der Waals surface area (Å²) in [5.74, 6) is 0.693. The Morgan fingerprint density at radius 3 is 2.70 bits per heavy atom. The van der Waals surface area contributed by atoms with E-state index in [4.69, 9.17) is 19.7 Å². The zero-order chi connectivity index (χ0) is 21.1. The van der Waals surface area contributed by atoms with Crippen LogP contribution in [0.25, 0.3) is 22.6 Å². The van der Waals surface area contributed by atoms with Gasteiger partial charge >= 0.3 is 5.97 Å². The minimum atomic E-state index is -0.468. The highest BCUT2D eigenvalue weighted by molar-refractivity contribution is 6.06. The lowest BCUT2D eigenvalue weighted by atomic mass is 9.80. The van der Waals surface area contributed by atoms with Gasteiger partial charge in [-0.15, -0.1) is 0 Å². The third-order valence-corrected chi connectivity index (χ3v) is 5.35. The molecule has 0 fully saturated rings. The second-order valence-corrected chi connectivity index (χ2v) is 7.52. The van der Waals surface area contributed by atoms with Gasteiger partial charge in [-0.3, -0.25) is 0 Å². The maximum Gasteiger partial charge on any atom is 0.340 e. The molecule has 0 aliphatic heterocycles. The third kappa shape index (κ3) is 3.77. The van der Waals surface area contributed by atoms with E-state index in [1.54, 1.807) is 7.11 Å². The van der Waals surface area contributed by atoms with Gasteiger partial charge in [0.05, 0.1) is 23.9 Å². The van der Waals surface area contributed by atoms with Crippen LogP contribution in [0.2, 0.25) is 0 Å². The standard InChI is InChI=1S/C25H22N2O3/c1-16-13-18(15-17-7-9-19(29-2)10-8-17)24-21(14-16)23(25(28)30-12-11-26)20-5-3-4-6-22(20)27-24/h3-10,15-16H,12-14H2,1-2H3/b18-15+/t16-/m1/s1. The van der Waals surface area contributed by atoms with E-state index in [9.17, 15) is 4.79 Å². The van der Waals surface area contributed by atoms with Crippen molar-refractivity contribution < 1.29 is 14.3 Å². The molecule has 30 heavy (non-hydrogen) atoms. The molecule has 3 aromatic rings. The molecule has 2 aromatic carbocycles. The molecule has 5 heteroatoms. The van der Waals surface area contributed by atoms with Crippen molar-refractivity contribution in [3.05, 3.63) is 70.9 Å². The Labute approximate surface area is 175 Å². The van der Waals surface area contributed by atoms with Crippen LogP contribution in [0.3, 0.4) is 0 Å². The molecule has 1 heterocycles. The summed E-state index contributed by atoms with van der Waals surface area (Å²) in [5, 5.41) is 9.60. The summed E-state index contributed by atoms with van der Waals surface area (Å²) in [7, 11) is 1.65. The summed E-state index contributed by atoms with van der Waals surface area (Å²) in [6, 6.07) is 17.3. The first kappa shape index (κ1) is 19.7. The monoisotopic (exact) mass is 398 g/mol. The zero-order valence-corrected chi connectivity index (χ0v) is 17.0. The lowest BCUT2D eigenvalue weighted by Crippen LogP contribution is -2.19. The van der Waals surface area contributed by atoms with Gasteiger partial charge in [-0.05, 0) is 59.7 Å². The highest BCUT2D eigenvalue weighted by atomic mass is 16.5. The van der Waals surface area contributed by atoms with Crippen molar-refractivity contribution in [1.29, 1.82) is 5.26 Å². The third-order valence-electron chi connectivity index (χ3n) is 5.35. The molecule has 0 unspecified atom stereocenters. The SMILES string of the molecule is COc1ccc(/C=C2\C[C@@H](C)Cc3c2nc2ccccc2c3C(=O)OCC#N)cc1. The molecule has 1 aliphatic rings. The smallest absolute Gasteiger partial charge is 0.340 e. The predicted molar refractivity (Wildman–Crippen MR) is 116 cm³/mol. The largest absolute Gasteiger partial charge is 0.497 e. The van der Waals surface area contributed by atoms with E-state index in [0.29, 0.717) is 11.5 Å². The Balaban J connectivity index is 1.90. The first-order valence-corrected chi connectivity index (χ1v) is 9.91. The number of methoxy groups -OCH3 is 1. The average Bonchev–Trinajstić information content (AvgIpc) is 2.76. The van der Waals surface area contributed by atoms with E-state index < -0.39 is 5.97 Å². The van der Waals surface area contributed by atoms with Crippen molar-refractivity contribution in [2.45, 2.75) is 19.8 Å². The highest BCUT2D eigenvalue weighted by Gasteiger charge is 2.28. The van der Waals surface area contributed by atoms with E-state index in [-0.39, 0.29) is 6.61 Å². The second-order valence-electron chi connectivity index (χ2n) is 7.52. The van der Waals surface area contributed by atoms with E-state index in [0.717, 1.165) is 51.9 Å². The molecule has 150 valence electrons. The van der Waals surface area contributed by atoms with Gasteiger partial charge in [0.15, 0.2) is 6.61 Å². The van der Waals surface area contributed by atoms with Crippen LogP contribution in [0.15, 0.2) is 48.5 Å². The Bertz CT molecular complexity index is 1170. The molecule has 1 atom stereocenters. The Morgan fingerprint density at radius 1 is 1.20 bits per heavy atom. The van der Waals surface area contributed by atoms with Crippen LogP contribution in [0.1, 0.15) is 40.5 Å². The van der Waals surface area contributed by atoms with Crippen molar-refractivity contribution >= 4 is 28.5 Å². The predicted octanol–water partition coefficient (Wildman–Crippen LogP) is 5.05. The van der Waals surface area contributed by atoms with Gasteiger partial charge in [-0.25, -0.2) is 9.78 Å². The van der Waals surface area contributed by atoms with E-state index in [1.165, 1.54) is 0 Å². The van der Waals surface area contributed by atoms with E-state index >= 15 is 0 Å². The molecule has 4 rings (SSSR count). The normalized spacial score (nSPS) is 16.7. The summed E-state index contributed by atoms with van der Waals surface area (Å²) < 4.78 is 10.5. The van der Waals surface area contributed by atoms with Crippen LogP contribution in [0, 0.1) is 17.2 Å². The zero-order valence-electron chi connectivity index (χ0n) is 17.0. The van der Waals surface area contributed by atoms with Crippen LogP contribution < -0.4 is 4.74 Å². The topological polar surface area (TPSA) is 72.2 Å².